The van der Waals surface area contributed by atoms with Gasteiger partial charge in [-0.15, -0.1) is 0 Å². The van der Waals surface area contributed by atoms with Gasteiger partial charge in [-0.05, 0) is 40.6 Å². The number of aliphatic hydroxyl groups is 1. The maximum Gasteiger partial charge on any atom is 0.188 e. The van der Waals surface area contributed by atoms with E-state index in [1.54, 1.807) is 18.4 Å². The van der Waals surface area contributed by atoms with Crippen molar-refractivity contribution in [1.29, 1.82) is 0 Å². The van der Waals surface area contributed by atoms with Crippen LogP contribution in [0.5, 0.6) is 5.75 Å². The van der Waals surface area contributed by atoms with E-state index in [0.29, 0.717) is 5.75 Å². The number of hydrogen-bond acceptors (Lipinski definition) is 4. The highest BCUT2D eigenvalue weighted by Crippen LogP contribution is 2.33. The summed E-state index contributed by atoms with van der Waals surface area (Å²) >= 11 is 4.95. The van der Waals surface area contributed by atoms with Crippen LogP contribution in [-0.4, -0.2) is 19.0 Å². The summed E-state index contributed by atoms with van der Waals surface area (Å²) in [6.45, 7) is 0.158. The molecule has 2 aromatic rings. The summed E-state index contributed by atoms with van der Waals surface area (Å²) in [6, 6.07) is 7.44. The number of aliphatic hydroxyl groups excluding tert-OH is 1. The Labute approximate surface area is 118 Å². The first-order valence-electron chi connectivity index (χ1n) is 5.33. The van der Waals surface area contributed by atoms with Crippen LogP contribution in [0.15, 0.2) is 39.5 Å². The van der Waals surface area contributed by atoms with Gasteiger partial charge in [-0.1, -0.05) is 15.9 Å². The van der Waals surface area contributed by atoms with Crippen LogP contribution in [-0.2, 0) is 4.74 Å². The lowest BCUT2D eigenvalue weighted by atomic mass is 10.0. The van der Waals surface area contributed by atoms with Gasteiger partial charge in [-0.2, -0.15) is 11.3 Å². The summed E-state index contributed by atoms with van der Waals surface area (Å²) < 4.78 is 11.2. The molecule has 1 aromatic carbocycles. The fourth-order valence-electron chi connectivity index (χ4n) is 1.60. The molecule has 3 nitrogen and oxygen atoms in total. The summed E-state index contributed by atoms with van der Waals surface area (Å²) in [5.74, 6) is 0.624. The minimum Gasteiger partial charge on any atom is -0.467 e. The Morgan fingerprint density at radius 1 is 1.39 bits per heavy atom. The van der Waals surface area contributed by atoms with Crippen molar-refractivity contribution in [2.75, 3.05) is 13.9 Å². The SMILES string of the molecule is COCOc1ccc(Br)cc1C(O)c1ccsc1. The number of thiophene rings is 1. The Bertz CT molecular complexity index is 499. The molecule has 0 aliphatic rings. The Balaban J connectivity index is 2.32. The fourth-order valence-corrected chi connectivity index (χ4v) is 2.65. The van der Waals surface area contributed by atoms with Gasteiger partial charge in [0.05, 0.1) is 0 Å². The molecule has 0 bridgehead atoms. The third-order valence-corrected chi connectivity index (χ3v) is 3.65. The number of halogens is 1. The molecule has 0 spiro atoms. The van der Waals surface area contributed by atoms with Crippen molar-refractivity contribution in [3.63, 3.8) is 0 Å². The molecule has 2 rings (SSSR count). The predicted octanol–water partition coefficient (Wildman–Crippen LogP) is 3.58. The second-order valence-electron chi connectivity index (χ2n) is 3.69. The summed E-state index contributed by atoms with van der Waals surface area (Å²) in [4.78, 5) is 0. The van der Waals surface area contributed by atoms with Gasteiger partial charge in [0.25, 0.3) is 0 Å². The summed E-state index contributed by atoms with van der Waals surface area (Å²) in [6.07, 6.45) is -0.694. The Morgan fingerprint density at radius 3 is 2.89 bits per heavy atom. The highest BCUT2D eigenvalue weighted by Gasteiger charge is 2.16. The molecule has 1 heterocycles. The molecule has 96 valence electrons. The maximum atomic E-state index is 10.4. The summed E-state index contributed by atoms with van der Waals surface area (Å²) in [7, 11) is 1.56. The molecule has 0 radical (unpaired) electrons. The van der Waals surface area contributed by atoms with Gasteiger partial charge < -0.3 is 14.6 Å². The first-order valence-corrected chi connectivity index (χ1v) is 7.07. The van der Waals surface area contributed by atoms with E-state index >= 15 is 0 Å². The molecule has 5 heteroatoms. The second-order valence-corrected chi connectivity index (χ2v) is 5.39. The molecular formula is C13H13BrO3S. The lowest BCUT2D eigenvalue weighted by molar-refractivity contribution is 0.0487. The predicted molar refractivity (Wildman–Crippen MR) is 75.0 cm³/mol. The van der Waals surface area contributed by atoms with Crippen molar-refractivity contribution in [3.8, 4) is 5.75 Å². The molecule has 1 aromatic heterocycles. The molecule has 1 atom stereocenters. The number of methoxy groups -OCH3 is 1. The van der Waals surface area contributed by atoms with Crippen molar-refractivity contribution in [3.05, 3.63) is 50.6 Å². The monoisotopic (exact) mass is 328 g/mol. The maximum absolute atomic E-state index is 10.4. The first kappa shape index (κ1) is 13.5. The highest BCUT2D eigenvalue weighted by atomic mass is 79.9. The van der Waals surface area contributed by atoms with Crippen LogP contribution in [0.4, 0.5) is 0 Å². The van der Waals surface area contributed by atoms with E-state index in [0.717, 1.165) is 15.6 Å². The molecule has 0 fully saturated rings. The number of rotatable bonds is 5. The van der Waals surface area contributed by atoms with Crippen LogP contribution in [0.2, 0.25) is 0 Å². The average molecular weight is 329 g/mol. The number of ether oxygens (including phenoxy) is 2. The lowest BCUT2D eigenvalue weighted by Gasteiger charge is -2.15. The van der Waals surface area contributed by atoms with E-state index in [-0.39, 0.29) is 6.79 Å². The molecule has 0 saturated carbocycles. The number of hydrogen-bond donors (Lipinski definition) is 1. The van der Waals surface area contributed by atoms with E-state index in [1.807, 2.05) is 35.0 Å². The third-order valence-electron chi connectivity index (χ3n) is 2.46. The van der Waals surface area contributed by atoms with E-state index in [4.69, 9.17) is 9.47 Å². The van der Waals surface area contributed by atoms with Crippen molar-refractivity contribution in [1.82, 2.24) is 0 Å². The van der Waals surface area contributed by atoms with Crippen molar-refractivity contribution < 1.29 is 14.6 Å². The van der Waals surface area contributed by atoms with Crippen LogP contribution in [0, 0.1) is 0 Å². The smallest absolute Gasteiger partial charge is 0.188 e. The summed E-state index contributed by atoms with van der Waals surface area (Å²) in [5.41, 5.74) is 1.58. The van der Waals surface area contributed by atoms with Gasteiger partial charge in [0.15, 0.2) is 6.79 Å². The molecule has 1 unspecified atom stereocenters. The Morgan fingerprint density at radius 2 is 2.22 bits per heavy atom. The first-order chi connectivity index (χ1) is 8.72. The van der Waals surface area contributed by atoms with Crippen molar-refractivity contribution >= 4 is 27.3 Å². The molecule has 0 aliphatic heterocycles. The van der Waals surface area contributed by atoms with Gasteiger partial charge in [0.2, 0.25) is 0 Å². The highest BCUT2D eigenvalue weighted by molar-refractivity contribution is 9.10. The van der Waals surface area contributed by atoms with Crippen LogP contribution in [0.25, 0.3) is 0 Å². The van der Waals surface area contributed by atoms with Crippen LogP contribution < -0.4 is 4.74 Å². The average Bonchev–Trinajstić information content (AvgIpc) is 2.90. The molecule has 0 aliphatic carbocycles. The lowest BCUT2D eigenvalue weighted by Crippen LogP contribution is -2.05. The van der Waals surface area contributed by atoms with E-state index in [2.05, 4.69) is 15.9 Å². The zero-order chi connectivity index (χ0) is 13.0. The largest absolute Gasteiger partial charge is 0.467 e. The molecular weight excluding hydrogens is 316 g/mol. The van der Waals surface area contributed by atoms with Gasteiger partial charge in [-0.3, -0.25) is 0 Å². The van der Waals surface area contributed by atoms with Crippen LogP contribution >= 0.6 is 27.3 Å². The normalized spacial score (nSPS) is 12.4. The standard InChI is InChI=1S/C13H13BrO3S/c1-16-8-17-12-3-2-10(14)6-11(12)13(15)9-4-5-18-7-9/h2-7,13,15H,8H2,1H3. The van der Waals surface area contributed by atoms with Crippen LogP contribution in [0.1, 0.15) is 17.2 Å². The van der Waals surface area contributed by atoms with Crippen molar-refractivity contribution in [2.45, 2.75) is 6.10 Å². The molecule has 0 saturated heterocycles. The molecule has 0 amide bonds. The Kier molecular flexibility index (Phi) is 4.77. The minimum atomic E-state index is -0.694. The number of benzene rings is 1. The second kappa shape index (κ2) is 6.33. The topological polar surface area (TPSA) is 38.7 Å². The summed E-state index contributed by atoms with van der Waals surface area (Å²) in [5, 5.41) is 14.2. The van der Waals surface area contributed by atoms with Crippen molar-refractivity contribution in [2.24, 2.45) is 0 Å². The van der Waals surface area contributed by atoms with Gasteiger partial charge in [-0.25, -0.2) is 0 Å². The van der Waals surface area contributed by atoms with E-state index in [9.17, 15) is 5.11 Å². The van der Waals surface area contributed by atoms with Gasteiger partial charge in [0, 0.05) is 17.1 Å². The molecule has 18 heavy (non-hydrogen) atoms. The van der Waals surface area contributed by atoms with E-state index < -0.39 is 6.10 Å². The quantitative estimate of drug-likeness (QED) is 0.852. The van der Waals surface area contributed by atoms with Crippen LogP contribution in [0.3, 0.4) is 0 Å². The Hall–Kier alpha value is -0.880. The minimum absolute atomic E-state index is 0.158. The van der Waals surface area contributed by atoms with E-state index in [1.165, 1.54) is 0 Å². The zero-order valence-electron chi connectivity index (χ0n) is 9.80. The fraction of sp³-hybridized carbons (Fsp3) is 0.231. The van der Waals surface area contributed by atoms with Gasteiger partial charge in [0.1, 0.15) is 11.9 Å². The third kappa shape index (κ3) is 3.11. The molecule has 1 N–H and O–H groups in total. The zero-order valence-corrected chi connectivity index (χ0v) is 12.2. The van der Waals surface area contributed by atoms with Gasteiger partial charge >= 0.3 is 0 Å².